The second kappa shape index (κ2) is 7.09. The van der Waals surface area contributed by atoms with E-state index in [1.165, 1.54) is 38.4 Å². The lowest BCUT2D eigenvalue weighted by Crippen LogP contribution is -2.03. The fourth-order valence-electron chi connectivity index (χ4n) is 2.63. The molecule has 0 saturated heterocycles. The molecule has 0 atom stereocenters. The number of hydrogen-bond donors (Lipinski definition) is 1. The van der Waals surface area contributed by atoms with Gasteiger partial charge in [-0.1, -0.05) is 0 Å². The zero-order chi connectivity index (χ0) is 18.7. The van der Waals surface area contributed by atoms with Gasteiger partial charge in [0, 0.05) is 5.56 Å². The second-order valence-electron chi connectivity index (χ2n) is 5.21. The molecular formula is C17H16N4O5. The van der Waals surface area contributed by atoms with Crippen LogP contribution in [0.5, 0.6) is 17.2 Å². The SMILES string of the molecule is COc1ccc(-c2cc(C(=O)O)cc(-n3cnnn3)c2)c(OC)c1OC. The summed E-state index contributed by atoms with van der Waals surface area (Å²) in [5.74, 6) is 0.276. The van der Waals surface area contributed by atoms with E-state index < -0.39 is 5.97 Å². The van der Waals surface area contributed by atoms with Crippen molar-refractivity contribution in [3.8, 4) is 34.1 Å². The summed E-state index contributed by atoms with van der Waals surface area (Å²) < 4.78 is 17.6. The van der Waals surface area contributed by atoms with E-state index in [1.54, 1.807) is 24.3 Å². The second-order valence-corrected chi connectivity index (χ2v) is 5.21. The maximum Gasteiger partial charge on any atom is 0.335 e. The Labute approximate surface area is 148 Å². The van der Waals surface area contributed by atoms with Crippen molar-refractivity contribution in [3.05, 3.63) is 42.2 Å². The third kappa shape index (κ3) is 3.02. The summed E-state index contributed by atoms with van der Waals surface area (Å²) in [5.41, 5.74) is 1.84. The summed E-state index contributed by atoms with van der Waals surface area (Å²) in [6, 6.07) is 8.27. The molecule has 3 aromatic rings. The van der Waals surface area contributed by atoms with Crippen LogP contribution in [0.1, 0.15) is 10.4 Å². The van der Waals surface area contributed by atoms with Gasteiger partial charge in [-0.2, -0.15) is 0 Å². The molecule has 0 aliphatic heterocycles. The zero-order valence-corrected chi connectivity index (χ0v) is 14.3. The van der Waals surface area contributed by atoms with Crippen LogP contribution in [0, 0.1) is 0 Å². The fourth-order valence-corrected chi connectivity index (χ4v) is 2.63. The highest BCUT2D eigenvalue weighted by Gasteiger charge is 2.19. The highest BCUT2D eigenvalue weighted by atomic mass is 16.5. The van der Waals surface area contributed by atoms with Gasteiger partial charge in [-0.15, -0.1) is 5.10 Å². The van der Waals surface area contributed by atoms with Crippen LogP contribution in [-0.2, 0) is 0 Å². The molecule has 1 N–H and O–H groups in total. The molecule has 1 heterocycles. The van der Waals surface area contributed by atoms with Gasteiger partial charge in [-0.05, 0) is 46.3 Å². The summed E-state index contributed by atoms with van der Waals surface area (Å²) in [5, 5.41) is 20.4. The Hall–Kier alpha value is -3.62. The minimum absolute atomic E-state index is 0.0878. The fraction of sp³-hybridized carbons (Fsp3) is 0.176. The van der Waals surface area contributed by atoms with Crippen LogP contribution < -0.4 is 14.2 Å². The molecule has 0 aliphatic rings. The van der Waals surface area contributed by atoms with Crippen molar-refractivity contribution in [2.45, 2.75) is 0 Å². The lowest BCUT2D eigenvalue weighted by atomic mass is 10.00. The maximum atomic E-state index is 11.5. The molecule has 0 amide bonds. The molecule has 0 fully saturated rings. The Morgan fingerprint density at radius 3 is 2.38 bits per heavy atom. The van der Waals surface area contributed by atoms with Gasteiger partial charge >= 0.3 is 5.97 Å². The van der Waals surface area contributed by atoms with Gasteiger partial charge in [0.05, 0.1) is 32.6 Å². The predicted octanol–water partition coefficient (Wildman–Crippen LogP) is 2.05. The number of carboxylic acid groups (broad SMARTS) is 1. The maximum absolute atomic E-state index is 11.5. The molecule has 2 aromatic carbocycles. The number of carbonyl (C=O) groups is 1. The standard InChI is InChI=1S/C17H16N4O5/c1-24-14-5-4-13(15(25-2)16(14)26-3)10-6-11(17(22)23)8-12(7-10)21-9-18-19-20-21/h4-9H,1-3H3,(H,22,23). The van der Waals surface area contributed by atoms with Gasteiger partial charge in [0.25, 0.3) is 0 Å². The first kappa shape index (κ1) is 17.2. The van der Waals surface area contributed by atoms with E-state index in [2.05, 4.69) is 15.5 Å². The molecule has 9 heteroatoms. The summed E-state index contributed by atoms with van der Waals surface area (Å²) in [6.45, 7) is 0. The Morgan fingerprint density at radius 1 is 1.04 bits per heavy atom. The van der Waals surface area contributed by atoms with E-state index in [-0.39, 0.29) is 5.56 Å². The van der Waals surface area contributed by atoms with Crippen molar-refractivity contribution >= 4 is 5.97 Å². The number of hydrogen-bond acceptors (Lipinski definition) is 7. The average molecular weight is 356 g/mol. The highest BCUT2D eigenvalue weighted by Crippen LogP contribution is 2.44. The monoisotopic (exact) mass is 356 g/mol. The van der Waals surface area contributed by atoms with Crippen molar-refractivity contribution in [3.63, 3.8) is 0 Å². The predicted molar refractivity (Wildman–Crippen MR) is 91.2 cm³/mol. The third-order valence-corrected chi connectivity index (χ3v) is 3.79. The minimum Gasteiger partial charge on any atom is -0.493 e. The van der Waals surface area contributed by atoms with Gasteiger partial charge in [0.15, 0.2) is 11.5 Å². The summed E-state index contributed by atoms with van der Waals surface area (Å²) in [6.07, 6.45) is 1.39. The quantitative estimate of drug-likeness (QED) is 0.715. The Morgan fingerprint density at radius 2 is 1.81 bits per heavy atom. The van der Waals surface area contributed by atoms with Crippen molar-refractivity contribution in [2.75, 3.05) is 21.3 Å². The van der Waals surface area contributed by atoms with Gasteiger partial charge in [0.1, 0.15) is 6.33 Å². The molecule has 0 aliphatic carbocycles. The molecule has 0 saturated carbocycles. The summed E-state index contributed by atoms with van der Waals surface area (Å²) in [4.78, 5) is 11.5. The van der Waals surface area contributed by atoms with Crippen LogP contribution in [0.15, 0.2) is 36.7 Å². The van der Waals surface area contributed by atoms with E-state index in [1.807, 2.05) is 0 Å². The smallest absolute Gasteiger partial charge is 0.335 e. The number of rotatable bonds is 6. The van der Waals surface area contributed by atoms with E-state index in [0.29, 0.717) is 34.1 Å². The number of nitrogens with zero attached hydrogens (tertiary/aromatic N) is 4. The lowest BCUT2D eigenvalue weighted by Gasteiger charge is -2.16. The van der Waals surface area contributed by atoms with Crippen molar-refractivity contribution in [1.29, 1.82) is 0 Å². The van der Waals surface area contributed by atoms with E-state index >= 15 is 0 Å². The van der Waals surface area contributed by atoms with E-state index in [0.717, 1.165) is 0 Å². The lowest BCUT2D eigenvalue weighted by molar-refractivity contribution is 0.0697. The zero-order valence-electron chi connectivity index (χ0n) is 14.3. The van der Waals surface area contributed by atoms with Crippen molar-refractivity contribution in [2.24, 2.45) is 0 Å². The molecule has 0 bridgehead atoms. The number of aromatic nitrogens is 4. The number of carboxylic acids is 1. The van der Waals surface area contributed by atoms with Gasteiger partial charge < -0.3 is 19.3 Å². The third-order valence-electron chi connectivity index (χ3n) is 3.79. The molecule has 26 heavy (non-hydrogen) atoms. The van der Waals surface area contributed by atoms with Crippen LogP contribution in [0.3, 0.4) is 0 Å². The van der Waals surface area contributed by atoms with Crippen LogP contribution in [0.25, 0.3) is 16.8 Å². The molecule has 0 spiro atoms. The first-order valence-electron chi connectivity index (χ1n) is 7.50. The molecule has 9 nitrogen and oxygen atoms in total. The number of methoxy groups -OCH3 is 3. The number of benzene rings is 2. The molecular weight excluding hydrogens is 340 g/mol. The summed E-state index contributed by atoms with van der Waals surface area (Å²) >= 11 is 0. The molecule has 134 valence electrons. The Bertz CT molecular complexity index is 941. The Balaban J connectivity index is 2.25. The van der Waals surface area contributed by atoms with Crippen molar-refractivity contribution < 1.29 is 24.1 Å². The van der Waals surface area contributed by atoms with Crippen LogP contribution >= 0.6 is 0 Å². The minimum atomic E-state index is -1.07. The number of ether oxygens (including phenoxy) is 3. The molecule has 0 unspecified atom stereocenters. The highest BCUT2D eigenvalue weighted by molar-refractivity contribution is 5.91. The van der Waals surface area contributed by atoms with Gasteiger partial charge in [-0.3, -0.25) is 0 Å². The van der Waals surface area contributed by atoms with Crippen molar-refractivity contribution in [1.82, 2.24) is 20.2 Å². The van der Waals surface area contributed by atoms with E-state index in [9.17, 15) is 9.90 Å². The number of tetrazole rings is 1. The number of aromatic carboxylic acids is 1. The van der Waals surface area contributed by atoms with Gasteiger partial charge in [-0.25, -0.2) is 9.48 Å². The first-order chi connectivity index (χ1) is 12.6. The van der Waals surface area contributed by atoms with Gasteiger partial charge in [0.2, 0.25) is 5.75 Å². The molecule has 3 rings (SSSR count). The van der Waals surface area contributed by atoms with Crippen LogP contribution in [0.2, 0.25) is 0 Å². The topological polar surface area (TPSA) is 109 Å². The average Bonchev–Trinajstić information content (AvgIpc) is 3.21. The summed E-state index contributed by atoms with van der Waals surface area (Å²) in [7, 11) is 4.53. The molecule has 0 radical (unpaired) electrons. The molecule has 1 aromatic heterocycles. The largest absolute Gasteiger partial charge is 0.493 e. The van der Waals surface area contributed by atoms with Crippen LogP contribution in [-0.4, -0.2) is 52.6 Å². The normalized spacial score (nSPS) is 10.4. The van der Waals surface area contributed by atoms with Crippen LogP contribution in [0.4, 0.5) is 0 Å². The van der Waals surface area contributed by atoms with E-state index in [4.69, 9.17) is 14.2 Å². The first-order valence-corrected chi connectivity index (χ1v) is 7.50. The Kier molecular flexibility index (Phi) is 4.70.